The van der Waals surface area contributed by atoms with Gasteiger partial charge in [0.25, 0.3) is 0 Å². The minimum atomic E-state index is 0.198. The zero-order chi connectivity index (χ0) is 17.2. The van der Waals surface area contributed by atoms with E-state index in [0.717, 1.165) is 24.5 Å². The Bertz CT molecular complexity index is 725. The van der Waals surface area contributed by atoms with Crippen molar-refractivity contribution in [1.82, 2.24) is 5.32 Å². The van der Waals surface area contributed by atoms with Crippen molar-refractivity contribution in [2.45, 2.75) is 31.6 Å². The Hall–Kier alpha value is -1.74. The van der Waals surface area contributed by atoms with Crippen molar-refractivity contribution in [2.75, 3.05) is 18.1 Å². The lowest BCUT2D eigenvalue weighted by Crippen LogP contribution is -2.39. The zero-order valence-electron chi connectivity index (χ0n) is 14.7. The molecule has 1 atom stereocenters. The molecule has 0 radical (unpaired) electrons. The van der Waals surface area contributed by atoms with Gasteiger partial charge in [-0.25, -0.2) is 0 Å². The molecule has 2 nitrogen and oxygen atoms in total. The van der Waals surface area contributed by atoms with Gasteiger partial charge < -0.3 is 5.32 Å². The second kappa shape index (κ2) is 7.25. The van der Waals surface area contributed by atoms with E-state index in [1.165, 1.54) is 22.3 Å². The molecule has 0 aromatic heterocycles. The van der Waals surface area contributed by atoms with Gasteiger partial charge in [-0.2, -0.15) is 11.8 Å². The topological polar surface area (TPSA) is 29.1 Å². The highest BCUT2D eigenvalue weighted by Crippen LogP contribution is 2.55. The molecular weight excluding hydrogens is 326 g/mol. The second-order valence-electron chi connectivity index (χ2n) is 7.03. The summed E-state index contributed by atoms with van der Waals surface area (Å²) in [6, 6.07) is 17.8. The van der Waals surface area contributed by atoms with Crippen molar-refractivity contribution in [3.05, 3.63) is 70.8 Å². The first-order chi connectivity index (χ1) is 12.3. The SMILES string of the molecule is CCSCCC(=O)NCC1CC2c3ccccc3C1c1ccccc12. The predicted molar refractivity (Wildman–Crippen MR) is 105 cm³/mol. The lowest BCUT2D eigenvalue weighted by Gasteiger charge is -2.45. The van der Waals surface area contributed by atoms with E-state index in [2.05, 4.69) is 60.8 Å². The Morgan fingerprint density at radius 2 is 1.64 bits per heavy atom. The summed E-state index contributed by atoms with van der Waals surface area (Å²) in [6.07, 6.45) is 1.77. The second-order valence-corrected chi connectivity index (χ2v) is 8.43. The molecule has 0 aliphatic heterocycles. The summed E-state index contributed by atoms with van der Waals surface area (Å²) in [5.41, 5.74) is 5.93. The third-order valence-corrected chi connectivity index (χ3v) is 6.56. The fourth-order valence-corrected chi connectivity index (χ4v) is 5.22. The molecule has 3 aliphatic rings. The molecule has 0 spiro atoms. The maximum Gasteiger partial charge on any atom is 0.220 e. The van der Waals surface area contributed by atoms with E-state index in [1.54, 1.807) is 0 Å². The van der Waals surface area contributed by atoms with Gasteiger partial charge in [0.2, 0.25) is 5.91 Å². The number of fused-ring (bicyclic) bond motifs is 1. The summed E-state index contributed by atoms with van der Waals surface area (Å²) >= 11 is 1.83. The quantitative estimate of drug-likeness (QED) is 0.774. The first kappa shape index (κ1) is 16.7. The van der Waals surface area contributed by atoms with Gasteiger partial charge in [-0.15, -0.1) is 0 Å². The van der Waals surface area contributed by atoms with Crippen LogP contribution in [-0.4, -0.2) is 24.0 Å². The summed E-state index contributed by atoms with van der Waals surface area (Å²) in [5.74, 6) is 3.59. The van der Waals surface area contributed by atoms with Gasteiger partial charge >= 0.3 is 0 Å². The molecule has 3 heteroatoms. The van der Waals surface area contributed by atoms with E-state index in [-0.39, 0.29) is 5.91 Å². The molecule has 1 N–H and O–H groups in total. The molecule has 1 amide bonds. The number of thioether (sulfide) groups is 1. The fraction of sp³-hybridized carbons (Fsp3) is 0.409. The molecule has 0 saturated carbocycles. The Balaban J connectivity index is 1.54. The Morgan fingerprint density at radius 3 is 2.24 bits per heavy atom. The summed E-state index contributed by atoms with van der Waals surface area (Å²) in [6.45, 7) is 2.93. The number of hydrogen-bond acceptors (Lipinski definition) is 2. The number of rotatable bonds is 6. The molecule has 25 heavy (non-hydrogen) atoms. The van der Waals surface area contributed by atoms with Crippen molar-refractivity contribution < 1.29 is 4.79 Å². The number of benzene rings is 2. The molecular formula is C22H25NOS. The third-order valence-electron chi connectivity index (χ3n) is 5.66. The van der Waals surface area contributed by atoms with Gasteiger partial charge in [-0.05, 0) is 40.3 Å². The van der Waals surface area contributed by atoms with E-state index < -0.39 is 0 Å². The predicted octanol–water partition coefficient (Wildman–Crippen LogP) is 4.54. The van der Waals surface area contributed by atoms with Crippen LogP contribution < -0.4 is 5.32 Å². The summed E-state index contributed by atoms with van der Waals surface area (Å²) in [5, 5.41) is 3.21. The van der Waals surface area contributed by atoms with Crippen molar-refractivity contribution in [3.63, 3.8) is 0 Å². The van der Waals surface area contributed by atoms with Crippen molar-refractivity contribution in [2.24, 2.45) is 5.92 Å². The highest BCUT2D eigenvalue weighted by atomic mass is 32.2. The van der Waals surface area contributed by atoms with Crippen LogP contribution in [0.4, 0.5) is 0 Å². The molecule has 1 unspecified atom stereocenters. The summed E-state index contributed by atoms with van der Waals surface area (Å²) in [4.78, 5) is 12.1. The molecule has 0 heterocycles. The molecule has 3 aliphatic carbocycles. The minimum Gasteiger partial charge on any atom is -0.356 e. The molecule has 0 saturated heterocycles. The van der Waals surface area contributed by atoms with Gasteiger partial charge in [-0.1, -0.05) is 55.5 Å². The van der Waals surface area contributed by atoms with Crippen molar-refractivity contribution >= 4 is 17.7 Å². The lowest BCUT2D eigenvalue weighted by molar-refractivity contribution is -0.120. The number of nitrogens with one attached hydrogen (secondary N) is 1. The van der Waals surface area contributed by atoms with E-state index in [9.17, 15) is 4.79 Å². The Labute approximate surface area is 154 Å². The van der Waals surface area contributed by atoms with Crippen LogP contribution in [0.15, 0.2) is 48.5 Å². The van der Waals surface area contributed by atoms with Crippen LogP contribution in [0.3, 0.4) is 0 Å². The monoisotopic (exact) mass is 351 g/mol. The number of amides is 1. The standard InChI is InChI=1S/C22H25NOS/c1-2-25-12-11-21(24)23-14-15-13-20-16-7-3-5-9-18(16)22(15)19-10-6-4-8-17(19)20/h3-10,15,20,22H,2,11-14H2,1H3,(H,23,24). The van der Waals surface area contributed by atoms with Crippen LogP contribution >= 0.6 is 11.8 Å². The van der Waals surface area contributed by atoms with E-state index in [4.69, 9.17) is 0 Å². The number of hydrogen-bond donors (Lipinski definition) is 1. The summed E-state index contributed by atoms with van der Waals surface area (Å²) < 4.78 is 0. The van der Waals surface area contributed by atoms with Gasteiger partial charge in [-0.3, -0.25) is 4.79 Å². The van der Waals surface area contributed by atoms with Gasteiger partial charge in [0.1, 0.15) is 0 Å². The number of carbonyl (C=O) groups is 1. The fourth-order valence-electron chi connectivity index (χ4n) is 4.60. The normalized spacial score (nSPS) is 23.0. The third kappa shape index (κ3) is 3.10. The highest BCUT2D eigenvalue weighted by Gasteiger charge is 2.42. The maximum atomic E-state index is 12.1. The lowest BCUT2D eigenvalue weighted by atomic mass is 9.59. The van der Waals surface area contributed by atoms with Gasteiger partial charge in [0, 0.05) is 30.6 Å². The van der Waals surface area contributed by atoms with Crippen LogP contribution in [0.25, 0.3) is 0 Å². The molecule has 0 fully saturated rings. The summed E-state index contributed by atoms with van der Waals surface area (Å²) in [7, 11) is 0. The van der Waals surface area contributed by atoms with E-state index in [0.29, 0.717) is 24.2 Å². The van der Waals surface area contributed by atoms with Crippen LogP contribution in [0.5, 0.6) is 0 Å². The maximum absolute atomic E-state index is 12.1. The molecule has 2 bridgehead atoms. The van der Waals surface area contributed by atoms with E-state index >= 15 is 0 Å². The molecule has 2 aromatic carbocycles. The number of carbonyl (C=O) groups excluding carboxylic acids is 1. The van der Waals surface area contributed by atoms with Crippen LogP contribution in [0, 0.1) is 5.92 Å². The van der Waals surface area contributed by atoms with Crippen molar-refractivity contribution in [1.29, 1.82) is 0 Å². The average molecular weight is 352 g/mol. The largest absolute Gasteiger partial charge is 0.356 e. The molecule has 130 valence electrons. The zero-order valence-corrected chi connectivity index (χ0v) is 15.5. The van der Waals surface area contributed by atoms with Crippen LogP contribution in [0.2, 0.25) is 0 Å². The van der Waals surface area contributed by atoms with Gasteiger partial charge in [0.15, 0.2) is 0 Å². The van der Waals surface area contributed by atoms with E-state index in [1.807, 2.05) is 11.8 Å². The Kier molecular flexibility index (Phi) is 4.85. The van der Waals surface area contributed by atoms with Crippen LogP contribution in [-0.2, 0) is 4.79 Å². The minimum absolute atomic E-state index is 0.198. The van der Waals surface area contributed by atoms with Gasteiger partial charge in [0.05, 0.1) is 0 Å². The average Bonchev–Trinajstić information content (AvgIpc) is 2.67. The molecule has 2 aromatic rings. The smallest absolute Gasteiger partial charge is 0.220 e. The molecule has 5 rings (SSSR count). The van der Waals surface area contributed by atoms with Crippen LogP contribution in [0.1, 0.15) is 53.9 Å². The first-order valence-electron chi connectivity index (χ1n) is 9.31. The first-order valence-corrected chi connectivity index (χ1v) is 10.5. The Morgan fingerprint density at radius 1 is 1.04 bits per heavy atom. The van der Waals surface area contributed by atoms with Crippen molar-refractivity contribution in [3.8, 4) is 0 Å². The highest BCUT2D eigenvalue weighted by molar-refractivity contribution is 7.99.